The van der Waals surface area contributed by atoms with Gasteiger partial charge in [0, 0.05) is 11.1 Å². The van der Waals surface area contributed by atoms with Gasteiger partial charge in [0.05, 0.1) is 37.8 Å². The van der Waals surface area contributed by atoms with Gasteiger partial charge < -0.3 is 14.6 Å². The Morgan fingerprint density at radius 2 is 1.11 bits per heavy atom. The van der Waals surface area contributed by atoms with Crippen molar-refractivity contribution in [2.45, 2.75) is 97.4 Å². The molecule has 0 aliphatic carbocycles. The monoisotopic (exact) mass is 520 g/mol. The van der Waals surface area contributed by atoms with Crippen molar-refractivity contribution in [3.8, 4) is 34.0 Å². The van der Waals surface area contributed by atoms with E-state index in [1.54, 1.807) is 0 Å². The van der Waals surface area contributed by atoms with Crippen LogP contribution in [0.4, 0.5) is 0 Å². The molecule has 0 amide bonds. The number of ether oxygens (including phenoxy) is 2. The maximum Gasteiger partial charge on any atom is 0.119 e. The molecule has 0 aliphatic rings. The van der Waals surface area contributed by atoms with Crippen molar-refractivity contribution in [2.75, 3.05) is 19.8 Å². The predicted octanol–water partition coefficient (Wildman–Crippen LogP) is 8.69. The zero-order valence-corrected chi connectivity index (χ0v) is 23.7. The molecule has 3 rings (SSSR count). The van der Waals surface area contributed by atoms with Gasteiger partial charge in [-0.2, -0.15) is 5.10 Å². The van der Waals surface area contributed by atoms with Gasteiger partial charge in [-0.3, -0.25) is 4.68 Å². The summed E-state index contributed by atoms with van der Waals surface area (Å²) in [5.74, 6) is 1.79. The second-order valence-corrected chi connectivity index (χ2v) is 10.1. The fourth-order valence-electron chi connectivity index (χ4n) is 4.64. The lowest BCUT2D eigenvalue weighted by Crippen LogP contribution is -2.05. The van der Waals surface area contributed by atoms with E-state index in [4.69, 9.17) is 14.6 Å². The van der Waals surface area contributed by atoms with Gasteiger partial charge in [-0.15, -0.1) is 0 Å². The van der Waals surface area contributed by atoms with Gasteiger partial charge in [0.15, 0.2) is 0 Å². The van der Waals surface area contributed by atoms with Crippen LogP contribution in [0.15, 0.2) is 54.6 Å². The zero-order chi connectivity index (χ0) is 26.8. The van der Waals surface area contributed by atoms with Crippen molar-refractivity contribution in [3.63, 3.8) is 0 Å². The summed E-state index contributed by atoms with van der Waals surface area (Å²) >= 11 is 0. The first-order valence-corrected chi connectivity index (χ1v) is 14.9. The molecule has 0 saturated heterocycles. The van der Waals surface area contributed by atoms with Crippen molar-refractivity contribution in [3.05, 3.63) is 54.6 Å². The molecule has 3 aromatic rings. The quantitative estimate of drug-likeness (QED) is 0.151. The number of unbranched alkanes of at least 4 members (excludes halogenated alkanes) is 10. The summed E-state index contributed by atoms with van der Waals surface area (Å²) in [6.07, 6.45) is 15.1. The maximum absolute atomic E-state index is 9.61. The third-order valence-electron chi connectivity index (χ3n) is 6.93. The number of aliphatic hydroxyl groups is 1. The highest BCUT2D eigenvalue weighted by Crippen LogP contribution is 2.29. The summed E-state index contributed by atoms with van der Waals surface area (Å²) in [5.41, 5.74) is 3.97. The van der Waals surface area contributed by atoms with Crippen LogP contribution in [-0.4, -0.2) is 34.7 Å². The van der Waals surface area contributed by atoms with Crippen molar-refractivity contribution in [1.82, 2.24) is 9.78 Å². The smallest absolute Gasteiger partial charge is 0.119 e. The van der Waals surface area contributed by atoms with Gasteiger partial charge >= 0.3 is 0 Å². The fourth-order valence-corrected chi connectivity index (χ4v) is 4.64. The first kappa shape index (κ1) is 29.8. The number of hydrogen-bond donors (Lipinski definition) is 1. The fraction of sp³-hybridized carbons (Fsp3) is 0.545. The minimum absolute atomic E-state index is 0.0405. The molecular formula is C33H48N2O3. The highest BCUT2D eigenvalue weighted by molar-refractivity contribution is 5.69. The lowest BCUT2D eigenvalue weighted by atomic mass is 10.1. The number of nitrogens with zero attached hydrogens (tertiary/aromatic N) is 2. The van der Waals surface area contributed by atoms with Gasteiger partial charge in [-0.05, 0) is 67.4 Å². The van der Waals surface area contributed by atoms with E-state index in [9.17, 15) is 5.11 Å². The molecule has 1 heterocycles. The third kappa shape index (κ3) is 10.2. The maximum atomic E-state index is 9.61. The summed E-state index contributed by atoms with van der Waals surface area (Å²) in [4.78, 5) is 0. The summed E-state index contributed by atoms with van der Waals surface area (Å²) in [6.45, 7) is 6.50. The predicted molar refractivity (Wildman–Crippen MR) is 158 cm³/mol. The van der Waals surface area contributed by atoms with E-state index in [-0.39, 0.29) is 6.61 Å². The molecule has 0 bridgehead atoms. The Bertz CT molecular complexity index is 1010. The number of aromatic nitrogens is 2. The van der Waals surface area contributed by atoms with E-state index in [1.165, 1.54) is 64.2 Å². The minimum atomic E-state index is 0.0405. The molecule has 208 valence electrons. The normalized spacial score (nSPS) is 11.1. The van der Waals surface area contributed by atoms with Crippen LogP contribution in [0, 0.1) is 0 Å². The van der Waals surface area contributed by atoms with Crippen molar-refractivity contribution >= 4 is 0 Å². The molecule has 1 N–H and O–H groups in total. The van der Waals surface area contributed by atoms with Crippen molar-refractivity contribution < 1.29 is 14.6 Å². The molecule has 0 saturated carbocycles. The summed E-state index contributed by atoms with van der Waals surface area (Å²) in [5, 5.41) is 14.4. The van der Waals surface area contributed by atoms with E-state index >= 15 is 0 Å². The van der Waals surface area contributed by atoms with E-state index in [1.807, 2.05) is 28.9 Å². The highest BCUT2D eigenvalue weighted by Gasteiger charge is 2.12. The summed E-state index contributed by atoms with van der Waals surface area (Å²) in [7, 11) is 0. The van der Waals surface area contributed by atoms with E-state index in [0.717, 1.165) is 60.1 Å². The van der Waals surface area contributed by atoms with Crippen LogP contribution in [-0.2, 0) is 6.54 Å². The second-order valence-electron chi connectivity index (χ2n) is 10.1. The Labute approximate surface area is 230 Å². The topological polar surface area (TPSA) is 56.5 Å². The standard InChI is InChI=1S/C33H48N2O3/c1-3-5-7-9-11-13-25-37-30-19-15-28(16-20-30)32-27-33(35(34-32)23-24-36)29-17-21-31(22-18-29)38-26-14-12-10-8-6-4-2/h15-22,27,36H,3-14,23-26H2,1-2H3. The van der Waals surface area contributed by atoms with Crippen LogP contribution in [0.25, 0.3) is 22.5 Å². The average molecular weight is 521 g/mol. The molecule has 1 aromatic heterocycles. The molecule has 0 aliphatic heterocycles. The van der Waals surface area contributed by atoms with Crippen LogP contribution in [0.1, 0.15) is 90.9 Å². The second kappa shape index (κ2) is 17.7. The number of benzene rings is 2. The molecule has 38 heavy (non-hydrogen) atoms. The zero-order valence-electron chi connectivity index (χ0n) is 23.7. The Morgan fingerprint density at radius 3 is 1.61 bits per heavy atom. The Hall–Kier alpha value is -2.79. The Balaban J connectivity index is 1.54. The van der Waals surface area contributed by atoms with Crippen molar-refractivity contribution in [2.24, 2.45) is 0 Å². The number of hydrogen-bond acceptors (Lipinski definition) is 4. The highest BCUT2D eigenvalue weighted by atomic mass is 16.5. The number of rotatable bonds is 20. The SMILES string of the molecule is CCCCCCCCOc1ccc(-c2cc(-c3ccc(OCCCCCCCC)cc3)n(CCO)n2)cc1. The first-order valence-electron chi connectivity index (χ1n) is 14.9. The largest absolute Gasteiger partial charge is 0.494 e. The first-order chi connectivity index (χ1) is 18.7. The van der Waals surface area contributed by atoms with E-state index < -0.39 is 0 Å². The number of aliphatic hydroxyl groups excluding tert-OH is 1. The molecule has 2 aromatic carbocycles. The molecule has 0 radical (unpaired) electrons. The molecule has 5 nitrogen and oxygen atoms in total. The lowest BCUT2D eigenvalue weighted by molar-refractivity contribution is 0.270. The Kier molecular flexibility index (Phi) is 13.8. The van der Waals surface area contributed by atoms with Crippen LogP contribution < -0.4 is 9.47 Å². The summed E-state index contributed by atoms with van der Waals surface area (Å²) < 4.78 is 13.8. The molecule has 5 heteroatoms. The van der Waals surface area contributed by atoms with Crippen LogP contribution in [0.5, 0.6) is 11.5 Å². The molecule has 0 unspecified atom stereocenters. The van der Waals surface area contributed by atoms with Gasteiger partial charge in [0.2, 0.25) is 0 Å². The summed E-state index contributed by atoms with van der Waals surface area (Å²) in [6, 6.07) is 18.5. The molecule has 0 fully saturated rings. The Morgan fingerprint density at radius 1 is 0.632 bits per heavy atom. The molecule has 0 atom stereocenters. The van der Waals surface area contributed by atoms with Crippen LogP contribution in [0.2, 0.25) is 0 Å². The minimum Gasteiger partial charge on any atom is -0.494 e. The van der Waals surface area contributed by atoms with Crippen molar-refractivity contribution in [1.29, 1.82) is 0 Å². The van der Waals surface area contributed by atoms with Gasteiger partial charge in [-0.1, -0.05) is 78.1 Å². The third-order valence-corrected chi connectivity index (χ3v) is 6.93. The lowest BCUT2D eigenvalue weighted by Gasteiger charge is -2.09. The van der Waals surface area contributed by atoms with Crippen LogP contribution >= 0.6 is 0 Å². The van der Waals surface area contributed by atoms with E-state index in [0.29, 0.717) is 6.54 Å². The van der Waals surface area contributed by atoms with Gasteiger partial charge in [-0.25, -0.2) is 0 Å². The molecular weight excluding hydrogens is 472 g/mol. The molecule has 0 spiro atoms. The van der Waals surface area contributed by atoms with Gasteiger partial charge in [0.25, 0.3) is 0 Å². The average Bonchev–Trinajstić information content (AvgIpc) is 3.37. The van der Waals surface area contributed by atoms with Gasteiger partial charge in [0.1, 0.15) is 11.5 Å². The van der Waals surface area contributed by atoms with Crippen LogP contribution in [0.3, 0.4) is 0 Å². The van der Waals surface area contributed by atoms with E-state index in [2.05, 4.69) is 44.2 Å².